The number of thiocarbonyl (C=S) groups is 1. The van der Waals surface area contributed by atoms with Gasteiger partial charge in [-0.2, -0.15) is 0 Å². The van der Waals surface area contributed by atoms with Crippen LogP contribution in [0.5, 0.6) is 5.75 Å². The van der Waals surface area contributed by atoms with Crippen molar-refractivity contribution in [2.24, 2.45) is 0 Å². The molecule has 9 heteroatoms. The molecular formula is C17H9BrCl2N2O3S. The second-order valence-electron chi connectivity index (χ2n) is 5.27. The van der Waals surface area contributed by atoms with E-state index in [-0.39, 0.29) is 26.5 Å². The molecule has 0 aromatic heterocycles. The minimum Gasteiger partial charge on any atom is -0.505 e. The number of carbonyl (C=O) groups excluding carboxylic acids is 2. The van der Waals surface area contributed by atoms with E-state index >= 15 is 0 Å². The molecule has 0 spiro atoms. The fraction of sp³-hybridized carbons (Fsp3) is 0. The largest absolute Gasteiger partial charge is 0.505 e. The van der Waals surface area contributed by atoms with Crippen LogP contribution < -0.4 is 10.2 Å². The number of hydrogen-bond donors (Lipinski definition) is 2. The minimum absolute atomic E-state index is 0.00769. The van der Waals surface area contributed by atoms with Gasteiger partial charge >= 0.3 is 0 Å². The Hall–Kier alpha value is -1.93. The van der Waals surface area contributed by atoms with E-state index in [2.05, 4.69) is 21.2 Å². The van der Waals surface area contributed by atoms with Crippen LogP contribution in [0.25, 0.3) is 6.08 Å². The Balaban J connectivity index is 2.04. The standard InChI is InChI=1S/C17H9BrCl2N2O3S/c18-9-1-3-10(4-2-9)22-16(25)11(15(24)21-17(22)26)5-8-6-12(19)14(23)13(20)7-8/h1-7,23H,(H,21,24,26)/b11-5-. The Bertz CT molecular complexity index is 953. The number of aromatic hydroxyl groups is 1. The lowest BCUT2D eigenvalue weighted by Gasteiger charge is -2.29. The van der Waals surface area contributed by atoms with Crippen molar-refractivity contribution in [3.8, 4) is 5.75 Å². The van der Waals surface area contributed by atoms with Gasteiger partial charge in [-0.1, -0.05) is 39.1 Å². The SMILES string of the molecule is O=C1NC(=S)N(c2ccc(Br)cc2)C(=O)/C1=C\c1cc(Cl)c(O)c(Cl)c1. The number of hydrogen-bond acceptors (Lipinski definition) is 4. The first-order valence-electron chi connectivity index (χ1n) is 7.13. The lowest BCUT2D eigenvalue weighted by molar-refractivity contribution is -0.122. The molecule has 0 unspecified atom stereocenters. The molecule has 2 aromatic rings. The fourth-order valence-electron chi connectivity index (χ4n) is 2.32. The normalized spacial score (nSPS) is 16.2. The van der Waals surface area contributed by atoms with Crippen LogP contribution >= 0.6 is 51.3 Å². The predicted octanol–water partition coefficient (Wildman–Crippen LogP) is 4.29. The summed E-state index contributed by atoms with van der Waals surface area (Å²) in [5, 5.41) is 12.1. The number of phenols is 1. The maximum absolute atomic E-state index is 12.9. The van der Waals surface area contributed by atoms with Crippen molar-refractivity contribution in [3.63, 3.8) is 0 Å². The van der Waals surface area contributed by atoms with Gasteiger partial charge in [0.1, 0.15) is 5.57 Å². The molecule has 1 saturated heterocycles. The van der Waals surface area contributed by atoms with E-state index in [0.717, 1.165) is 4.47 Å². The summed E-state index contributed by atoms with van der Waals surface area (Å²) in [6, 6.07) is 9.69. The summed E-state index contributed by atoms with van der Waals surface area (Å²) in [6.07, 6.45) is 1.34. The summed E-state index contributed by atoms with van der Waals surface area (Å²) in [6.45, 7) is 0. The average molecular weight is 472 g/mol. The third kappa shape index (κ3) is 3.61. The van der Waals surface area contributed by atoms with Crippen LogP contribution in [-0.4, -0.2) is 22.0 Å². The fourth-order valence-corrected chi connectivity index (χ4v) is 3.37. The smallest absolute Gasteiger partial charge is 0.270 e. The van der Waals surface area contributed by atoms with Gasteiger partial charge in [-0.05, 0) is 60.3 Å². The van der Waals surface area contributed by atoms with Crippen molar-refractivity contribution in [1.82, 2.24) is 5.32 Å². The summed E-state index contributed by atoms with van der Waals surface area (Å²) in [4.78, 5) is 26.3. The molecule has 2 aromatic carbocycles. The zero-order chi connectivity index (χ0) is 19.0. The third-order valence-corrected chi connectivity index (χ3v) is 4.93. The Morgan fingerprint density at radius 1 is 1.12 bits per heavy atom. The minimum atomic E-state index is -0.631. The summed E-state index contributed by atoms with van der Waals surface area (Å²) in [7, 11) is 0. The van der Waals surface area contributed by atoms with Gasteiger partial charge in [-0.3, -0.25) is 19.8 Å². The quantitative estimate of drug-likeness (QED) is 0.389. The van der Waals surface area contributed by atoms with Crippen molar-refractivity contribution in [2.45, 2.75) is 0 Å². The van der Waals surface area contributed by atoms with Crippen molar-refractivity contribution in [2.75, 3.05) is 4.90 Å². The van der Waals surface area contributed by atoms with Crippen molar-refractivity contribution < 1.29 is 14.7 Å². The third-order valence-electron chi connectivity index (χ3n) is 3.54. The number of amides is 2. The van der Waals surface area contributed by atoms with E-state index in [1.54, 1.807) is 24.3 Å². The monoisotopic (exact) mass is 470 g/mol. The van der Waals surface area contributed by atoms with Crippen LogP contribution in [0.3, 0.4) is 0 Å². The summed E-state index contributed by atoms with van der Waals surface area (Å²) < 4.78 is 0.838. The highest BCUT2D eigenvalue weighted by Crippen LogP contribution is 2.34. The van der Waals surface area contributed by atoms with Crippen LogP contribution in [-0.2, 0) is 9.59 Å². The lowest BCUT2D eigenvalue weighted by atomic mass is 10.1. The van der Waals surface area contributed by atoms with Gasteiger partial charge in [0.25, 0.3) is 11.8 Å². The predicted molar refractivity (Wildman–Crippen MR) is 108 cm³/mol. The van der Waals surface area contributed by atoms with E-state index in [4.69, 9.17) is 35.4 Å². The summed E-state index contributed by atoms with van der Waals surface area (Å²) in [5.41, 5.74) is 0.759. The van der Waals surface area contributed by atoms with Crippen LogP contribution in [0.1, 0.15) is 5.56 Å². The number of rotatable bonds is 2. The van der Waals surface area contributed by atoms with Crippen molar-refractivity contribution in [1.29, 1.82) is 0 Å². The molecule has 0 radical (unpaired) electrons. The van der Waals surface area contributed by atoms with E-state index in [1.807, 2.05) is 0 Å². The molecule has 1 aliphatic heterocycles. The number of benzene rings is 2. The molecule has 26 heavy (non-hydrogen) atoms. The van der Waals surface area contributed by atoms with Gasteiger partial charge < -0.3 is 5.11 Å². The first-order valence-corrected chi connectivity index (χ1v) is 9.08. The maximum Gasteiger partial charge on any atom is 0.270 e. The Morgan fingerprint density at radius 3 is 2.27 bits per heavy atom. The Labute approximate surface area is 172 Å². The maximum atomic E-state index is 12.9. The molecule has 0 saturated carbocycles. The first kappa shape index (κ1) is 18.8. The van der Waals surface area contributed by atoms with Gasteiger partial charge in [-0.25, -0.2) is 0 Å². The highest BCUT2D eigenvalue weighted by molar-refractivity contribution is 9.10. The molecule has 1 aliphatic rings. The molecule has 2 amide bonds. The molecule has 1 heterocycles. The topological polar surface area (TPSA) is 69.6 Å². The molecule has 3 rings (SSSR count). The Kier molecular flexibility index (Phi) is 5.34. The Morgan fingerprint density at radius 2 is 1.69 bits per heavy atom. The van der Waals surface area contributed by atoms with Gasteiger partial charge in [-0.15, -0.1) is 0 Å². The molecule has 0 aliphatic carbocycles. The second kappa shape index (κ2) is 7.36. The molecule has 1 fully saturated rings. The van der Waals surface area contributed by atoms with E-state index in [9.17, 15) is 14.7 Å². The molecule has 5 nitrogen and oxygen atoms in total. The van der Waals surface area contributed by atoms with Crippen molar-refractivity contribution >= 4 is 80.0 Å². The van der Waals surface area contributed by atoms with Gasteiger partial charge in [0.15, 0.2) is 10.9 Å². The number of halogens is 3. The van der Waals surface area contributed by atoms with Crippen LogP contribution in [0.4, 0.5) is 5.69 Å². The number of nitrogens with zero attached hydrogens (tertiary/aromatic N) is 1. The molecule has 2 N–H and O–H groups in total. The number of nitrogens with one attached hydrogen (secondary N) is 1. The summed E-state index contributed by atoms with van der Waals surface area (Å²) >= 11 is 20.2. The number of carbonyl (C=O) groups is 2. The first-order chi connectivity index (χ1) is 12.3. The van der Waals surface area contributed by atoms with Crippen LogP contribution in [0.2, 0.25) is 10.0 Å². The highest BCUT2D eigenvalue weighted by Gasteiger charge is 2.34. The highest BCUT2D eigenvalue weighted by atomic mass is 79.9. The van der Waals surface area contributed by atoms with Crippen molar-refractivity contribution in [3.05, 3.63) is 62.1 Å². The van der Waals surface area contributed by atoms with E-state index < -0.39 is 11.8 Å². The summed E-state index contributed by atoms with van der Waals surface area (Å²) in [5.74, 6) is -1.48. The molecular weight excluding hydrogens is 463 g/mol. The van der Waals surface area contributed by atoms with Gasteiger partial charge in [0.05, 0.1) is 15.7 Å². The zero-order valence-corrected chi connectivity index (χ0v) is 16.7. The van der Waals surface area contributed by atoms with E-state index in [1.165, 1.54) is 23.1 Å². The van der Waals surface area contributed by atoms with E-state index in [0.29, 0.717) is 11.3 Å². The molecule has 0 atom stereocenters. The van der Waals surface area contributed by atoms with Gasteiger partial charge in [0, 0.05) is 4.47 Å². The average Bonchev–Trinajstić information content (AvgIpc) is 2.58. The van der Waals surface area contributed by atoms with Crippen LogP contribution in [0, 0.1) is 0 Å². The lowest BCUT2D eigenvalue weighted by Crippen LogP contribution is -2.54. The van der Waals surface area contributed by atoms with Gasteiger partial charge in [0.2, 0.25) is 0 Å². The zero-order valence-electron chi connectivity index (χ0n) is 12.8. The molecule has 0 bridgehead atoms. The second-order valence-corrected chi connectivity index (χ2v) is 7.38. The number of phenolic OH excluding ortho intramolecular Hbond substituents is 1. The van der Waals surface area contributed by atoms with Crippen LogP contribution in [0.15, 0.2) is 46.4 Å². The molecule has 132 valence electrons. The number of anilines is 1.